The Bertz CT molecular complexity index is 945. The highest BCUT2D eigenvalue weighted by atomic mass is 31.0. The summed E-state index contributed by atoms with van der Waals surface area (Å²) in [5, 5.41) is 9.52. The van der Waals surface area contributed by atoms with Crippen molar-refractivity contribution >= 4 is 21.0 Å². The van der Waals surface area contributed by atoms with Crippen LogP contribution in [-0.2, 0) is 22.9 Å². The first-order valence-corrected chi connectivity index (χ1v) is 14.9. The van der Waals surface area contributed by atoms with Gasteiger partial charge in [0.25, 0.3) is 11.6 Å². The first-order chi connectivity index (χ1) is 18.6. The van der Waals surface area contributed by atoms with Crippen LogP contribution >= 0.6 is 9.24 Å². The van der Waals surface area contributed by atoms with Crippen LogP contribution in [0.1, 0.15) is 104 Å². The molecule has 3 unspecified atom stereocenters. The Balaban J connectivity index is 0.000000345. The van der Waals surface area contributed by atoms with E-state index < -0.39 is 22.7 Å². The third kappa shape index (κ3) is 14.1. The lowest BCUT2D eigenvalue weighted by Crippen LogP contribution is -2.50. The summed E-state index contributed by atoms with van der Waals surface area (Å²) in [6.07, 6.45) is 9.80. The van der Waals surface area contributed by atoms with Gasteiger partial charge in [-0.1, -0.05) is 49.3 Å². The maximum Gasteiger partial charge on any atom is 0.283 e. The predicted molar refractivity (Wildman–Crippen MR) is 161 cm³/mol. The molecular formula is C30H49F4N4OP. The molecule has 228 valence electrons. The van der Waals surface area contributed by atoms with E-state index in [-0.39, 0.29) is 18.0 Å². The number of benzene rings is 1. The number of hydrogen-bond donors (Lipinski definition) is 3. The summed E-state index contributed by atoms with van der Waals surface area (Å²) >= 11 is 0. The minimum atomic E-state index is -3.30. The van der Waals surface area contributed by atoms with Crippen molar-refractivity contribution in [1.82, 2.24) is 16.0 Å². The van der Waals surface area contributed by atoms with E-state index in [4.69, 9.17) is 0 Å². The zero-order valence-corrected chi connectivity index (χ0v) is 26.3. The molecule has 0 aliphatic carbocycles. The van der Waals surface area contributed by atoms with Gasteiger partial charge in [0.15, 0.2) is 0 Å². The van der Waals surface area contributed by atoms with Gasteiger partial charge in [0.1, 0.15) is 5.84 Å². The number of nitrogens with one attached hydrogen (secondary N) is 3. The topological polar surface area (TPSA) is 65.5 Å². The number of carbonyl (C=O) groups is 1. The number of amides is 1. The van der Waals surface area contributed by atoms with Crippen LogP contribution in [0.2, 0.25) is 0 Å². The quantitative estimate of drug-likeness (QED) is 0.219. The molecule has 0 bridgehead atoms. The maximum atomic E-state index is 13.3. The van der Waals surface area contributed by atoms with Gasteiger partial charge in [0.2, 0.25) is 5.91 Å². The van der Waals surface area contributed by atoms with Crippen LogP contribution in [0.3, 0.4) is 0 Å². The number of alkyl halides is 4. The minimum absolute atomic E-state index is 0.0764. The second-order valence-corrected chi connectivity index (χ2v) is 11.6. The van der Waals surface area contributed by atoms with Gasteiger partial charge in [-0.15, -0.1) is 0 Å². The summed E-state index contributed by atoms with van der Waals surface area (Å²) in [6.45, 7) is 13.8. The molecule has 1 saturated heterocycles. The second-order valence-electron chi connectivity index (χ2n) is 10.8. The Hall–Kier alpha value is -1.99. The summed E-state index contributed by atoms with van der Waals surface area (Å²) in [5.74, 6) is -2.49. The molecule has 1 amide bonds. The number of carbonyl (C=O) groups excluding carboxylic acids is 1. The molecule has 40 heavy (non-hydrogen) atoms. The van der Waals surface area contributed by atoms with Crippen molar-refractivity contribution in [2.75, 3.05) is 6.54 Å². The van der Waals surface area contributed by atoms with Crippen LogP contribution in [-0.4, -0.2) is 36.4 Å². The van der Waals surface area contributed by atoms with E-state index in [2.05, 4.69) is 61.6 Å². The van der Waals surface area contributed by atoms with Gasteiger partial charge in [0, 0.05) is 49.6 Å². The van der Waals surface area contributed by atoms with Crippen LogP contribution in [0.4, 0.5) is 17.6 Å². The van der Waals surface area contributed by atoms with E-state index in [1.54, 1.807) is 0 Å². The summed E-state index contributed by atoms with van der Waals surface area (Å²) < 4.78 is 53.0. The zero-order valence-electron chi connectivity index (χ0n) is 25.1. The molecule has 5 nitrogen and oxygen atoms in total. The van der Waals surface area contributed by atoms with Crippen LogP contribution in [0, 0.1) is 0 Å². The monoisotopic (exact) mass is 588 g/mol. The van der Waals surface area contributed by atoms with E-state index in [0.29, 0.717) is 25.0 Å². The second kappa shape index (κ2) is 17.1. The molecule has 10 heteroatoms. The molecule has 0 saturated carbocycles. The van der Waals surface area contributed by atoms with Crippen LogP contribution in [0.5, 0.6) is 0 Å². The molecule has 2 aliphatic heterocycles. The van der Waals surface area contributed by atoms with Crippen molar-refractivity contribution in [2.24, 2.45) is 4.99 Å². The highest BCUT2D eigenvalue weighted by Gasteiger charge is 2.31. The smallest absolute Gasteiger partial charge is 0.283 e. The van der Waals surface area contributed by atoms with Gasteiger partial charge in [-0.25, -0.2) is 8.78 Å². The largest absolute Gasteiger partial charge is 0.368 e. The number of hydrogen-bond acceptors (Lipinski definition) is 4. The number of unbranched alkanes of at least 4 members (excludes halogenated alkanes) is 2. The Labute approximate surface area is 240 Å². The average Bonchev–Trinajstić information content (AvgIpc) is 3.29. The summed E-state index contributed by atoms with van der Waals surface area (Å²) in [7, 11) is 1.31. The first-order valence-electron chi connectivity index (χ1n) is 14.3. The van der Waals surface area contributed by atoms with Gasteiger partial charge < -0.3 is 16.0 Å². The van der Waals surface area contributed by atoms with Crippen molar-refractivity contribution < 1.29 is 22.4 Å². The first kappa shape index (κ1) is 36.0. The molecule has 2 heterocycles. The van der Waals surface area contributed by atoms with E-state index in [9.17, 15) is 22.4 Å². The van der Waals surface area contributed by atoms with Gasteiger partial charge >= 0.3 is 0 Å². The molecule has 3 atom stereocenters. The Morgan fingerprint density at radius 3 is 2.05 bits per heavy atom. The molecule has 1 aromatic rings. The number of piperidine rings is 1. The standard InChI is InChI=1S/C13H23N3.C12H14F4NOP.C5H12/c1-4-11-7-13(14-8-11)16-12-5-9(2)15-10(3)6-12;1-7(18)17-6-8-3-9(11(2,13)14)5-10(4-8)12(15,16)19;1-3-5-4-2/h7,9-10,12,15H,4-6,8H2,1-3H3,(H,14,16);3-5H,6,19H2,1-2H3,(H,17,18);3-5H2,1-2H3. The fourth-order valence-electron chi connectivity index (χ4n) is 4.49. The molecular weight excluding hydrogens is 539 g/mol. The number of aliphatic imine (C=N–C) groups is 1. The SMILES string of the molecule is CC(=O)NCc1cc(C(C)(F)F)cc(C(F)(F)P)c1.CCC1=CC(NC2CC(C)NC(C)C2)=NC1.CCCCC. The number of amidine groups is 1. The molecule has 1 aromatic carbocycles. The predicted octanol–water partition coefficient (Wildman–Crippen LogP) is 7.41. The number of rotatable bonds is 8. The lowest BCUT2D eigenvalue weighted by Gasteiger charge is -2.33. The summed E-state index contributed by atoms with van der Waals surface area (Å²) in [6, 6.07) is 4.77. The normalized spacial score (nSPS) is 20.8. The molecule has 0 aromatic heterocycles. The van der Waals surface area contributed by atoms with Gasteiger partial charge in [-0.3, -0.25) is 9.79 Å². The Morgan fingerprint density at radius 1 is 1.05 bits per heavy atom. The molecule has 2 aliphatic rings. The molecule has 0 radical (unpaired) electrons. The molecule has 0 spiro atoms. The van der Waals surface area contributed by atoms with Crippen LogP contribution < -0.4 is 16.0 Å². The Morgan fingerprint density at radius 2 is 1.62 bits per heavy atom. The maximum absolute atomic E-state index is 13.3. The fraction of sp³-hybridized carbons (Fsp3) is 0.667. The van der Waals surface area contributed by atoms with Gasteiger partial charge in [0.05, 0.1) is 6.54 Å². The zero-order chi connectivity index (χ0) is 30.5. The summed E-state index contributed by atoms with van der Waals surface area (Å²) in [4.78, 5) is 15.3. The third-order valence-electron chi connectivity index (χ3n) is 6.58. The Kier molecular flexibility index (Phi) is 15.4. The molecule has 3 rings (SSSR count). The van der Waals surface area contributed by atoms with Crippen LogP contribution in [0.15, 0.2) is 34.8 Å². The van der Waals surface area contributed by atoms with Crippen LogP contribution in [0.25, 0.3) is 0 Å². The number of halogens is 4. The van der Waals surface area contributed by atoms with E-state index in [1.807, 2.05) is 0 Å². The lowest BCUT2D eigenvalue weighted by molar-refractivity contribution is -0.119. The van der Waals surface area contributed by atoms with E-state index in [0.717, 1.165) is 37.0 Å². The fourth-order valence-corrected chi connectivity index (χ4v) is 4.66. The van der Waals surface area contributed by atoms with Crippen molar-refractivity contribution in [1.29, 1.82) is 0 Å². The molecule has 1 fully saturated rings. The summed E-state index contributed by atoms with van der Waals surface area (Å²) in [5.41, 5.74) is -2.69. The van der Waals surface area contributed by atoms with E-state index in [1.165, 1.54) is 53.8 Å². The van der Waals surface area contributed by atoms with Crippen molar-refractivity contribution in [3.05, 3.63) is 46.5 Å². The highest BCUT2D eigenvalue weighted by Crippen LogP contribution is 2.38. The van der Waals surface area contributed by atoms with Crippen molar-refractivity contribution in [3.8, 4) is 0 Å². The van der Waals surface area contributed by atoms with Crippen molar-refractivity contribution in [3.63, 3.8) is 0 Å². The minimum Gasteiger partial charge on any atom is -0.368 e. The molecule has 3 N–H and O–H groups in total. The van der Waals surface area contributed by atoms with Gasteiger partial charge in [-0.05, 0) is 68.5 Å². The van der Waals surface area contributed by atoms with Crippen molar-refractivity contribution in [2.45, 2.75) is 123 Å². The lowest BCUT2D eigenvalue weighted by atomic mass is 9.95. The highest BCUT2D eigenvalue weighted by molar-refractivity contribution is 7.17. The number of nitrogens with zero attached hydrogens (tertiary/aromatic N) is 1. The third-order valence-corrected chi connectivity index (χ3v) is 6.91. The van der Waals surface area contributed by atoms with Gasteiger partial charge in [-0.2, -0.15) is 8.78 Å². The van der Waals surface area contributed by atoms with E-state index >= 15 is 0 Å². The average molecular weight is 589 g/mol.